The molecule has 2 saturated heterocycles. The molecule has 0 radical (unpaired) electrons. The second-order valence-electron chi connectivity index (χ2n) is 21.0. The number of benzene rings is 3. The number of fused-ring (bicyclic) bond motifs is 2. The van der Waals surface area contributed by atoms with Crippen molar-refractivity contribution in [2.45, 2.75) is 135 Å². The van der Waals surface area contributed by atoms with Crippen LogP contribution < -0.4 is 20.1 Å². The van der Waals surface area contributed by atoms with Gasteiger partial charge in [-0.1, -0.05) is 65.8 Å². The van der Waals surface area contributed by atoms with Gasteiger partial charge in [0.2, 0.25) is 5.60 Å². The molecule has 4 amide bonds. The van der Waals surface area contributed by atoms with Crippen LogP contribution in [0.1, 0.15) is 115 Å². The Morgan fingerprint density at radius 3 is 1.96 bits per heavy atom. The SMILES string of the molecule is CC(C)(C)OC(=O)Nc1nc(/C(=N/OC(C)(C)C(=O)OC(C)(C)C)C(=O)N[C@H]2CON(C3(C(=O)OC(C)(C)C)C[C@H](N4Cc5cc6c(cc5C4=O)OC(c4ccccc4)(c4ccccc4)O6)C(=O)O3)C2=O)cs1. The molecule has 21 nitrogen and oxygen atoms in total. The molecule has 4 aliphatic rings. The van der Waals surface area contributed by atoms with Gasteiger partial charge in [-0.3, -0.25) is 24.5 Å². The van der Waals surface area contributed by atoms with Gasteiger partial charge in [0.15, 0.2) is 22.3 Å². The summed E-state index contributed by atoms with van der Waals surface area (Å²) in [7, 11) is 0. The van der Waals surface area contributed by atoms with Crippen molar-refractivity contribution < 1.29 is 71.7 Å². The van der Waals surface area contributed by atoms with E-state index < -0.39 is 106 Å². The summed E-state index contributed by atoms with van der Waals surface area (Å²) in [6, 6.07) is 18.9. The zero-order chi connectivity index (χ0) is 53.1. The van der Waals surface area contributed by atoms with E-state index in [1.165, 1.54) is 24.1 Å². The fraction of sp³-hybridized carbons (Fsp3) is 0.431. The first-order valence-corrected chi connectivity index (χ1v) is 24.1. The quantitative estimate of drug-likeness (QED) is 0.0687. The molecular formula is C51H56N6O15S. The van der Waals surface area contributed by atoms with E-state index in [4.69, 9.17) is 38.1 Å². The van der Waals surface area contributed by atoms with Gasteiger partial charge in [0.05, 0.1) is 6.42 Å². The second-order valence-corrected chi connectivity index (χ2v) is 21.9. The number of amides is 4. The van der Waals surface area contributed by atoms with Gasteiger partial charge in [0.1, 0.15) is 41.2 Å². The molecule has 3 atom stereocenters. The monoisotopic (exact) mass is 1020 g/mol. The van der Waals surface area contributed by atoms with Crippen molar-refractivity contribution in [1.29, 1.82) is 0 Å². The fourth-order valence-electron chi connectivity index (χ4n) is 8.02. The highest BCUT2D eigenvalue weighted by atomic mass is 32.1. The zero-order valence-electron chi connectivity index (χ0n) is 42.1. The van der Waals surface area contributed by atoms with E-state index >= 15 is 0 Å². The molecule has 0 spiro atoms. The molecule has 0 saturated carbocycles. The van der Waals surface area contributed by atoms with E-state index in [0.717, 1.165) is 11.3 Å². The number of aromatic nitrogens is 1. The Balaban J connectivity index is 1.04. The van der Waals surface area contributed by atoms with Crippen molar-refractivity contribution in [3.63, 3.8) is 0 Å². The molecule has 5 heterocycles. The molecule has 4 aliphatic heterocycles. The number of rotatable bonds is 12. The maximum Gasteiger partial charge on any atom is 0.413 e. The Bertz CT molecular complexity index is 2860. The van der Waals surface area contributed by atoms with Crippen LogP contribution in [-0.4, -0.2) is 109 Å². The summed E-state index contributed by atoms with van der Waals surface area (Å²) in [5, 5.41) is 10.9. The largest absolute Gasteiger partial charge is 0.457 e. The number of esters is 3. The van der Waals surface area contributed by atoms with E-state index in [-0.39, 0.29) is 28.7 Å². The number of hydroxylamine groups is 2. The molecule has 4 aromatic rings. The number of hydrogen-bond donors (Lipinski definition) is 2. The third kappa shape index (κ3) is 10.7. The molecule has 2 N–H and O–H groups in total. The third-order valence-electron chi connectivity index (χ3n) is 11.2. The molecule has 2 fully saturated rings. The molecule has 386 valence electrons. The fourth-order valence-corrected chi connectivity index (χ4v) is 8.70. The first-order valence-electron chi connectivity index (χ1n) is 23.2. The van der Waals surface area contributed by atoms with Gasteiger partial charge in [-0.2, -0.15) is 5.06 Å². The van der Waals surface area contributed by atoms with Crippen molar-refractivity contribution in [3.05, 3.63) is 106 Å². The first-order chi connectivity index (χ1) is 34.1. The van der Waals surface area contributed by atoms with Gasteiger partial charge in [0, 0.05) is 28.6 Å². The summed E-state index contributed by atoms with van der Waals surface area (Å²) in [5.74, 6) is -6.49. The third-order valence-corrected chi connectivity index (χ3v) is 12.0. The maximum atomic E-state index is 14.5. The van der Waals surface area contributed by atoms with Gasteiger partial charge in [0.25, 0.3) is 17.7 Å². The van der Waals surface area contributed by atoms with E-state index in [0.29, 0.717) is 27.5 Å². The predicted molar refractivity (Wildman–Crippen MR) is 259 cm³/mol. The molecule has 0 bridgehead atoms. The van der Waals surface area contributed by atoms with Crippen molar-refractivity contribution in [3.8, 4) is 11.5 Å². The van der Waals surface area contributed by atoms with Crippen LogP contribution in [0.5, 0.6) is 11.5 Å². The molecule has 22 heteroatoms. The number of hydrogen-bond acceptors (Lipinski definition) is 18. The molecule has 73 heavy (non-hydrogen) atoms. The minimum Gasteiger partial charge on any atom is -0.457 e. The molecule has 0 aliphatic carbocycles. The highest BCUT2D eigenvalue weighted by Crippen LogP contribution is 2.50. The van der Waals surface area contributed by atoms with Crippen LogP contribution in [0, 0.1) is 0 Å². The summed E-state index contributed by atoms with van der Waals surface area (Å²) < 4.78 is 35.5. The molecule has 1 aromatic heterocycles. The normalized spacial score (nSPS) is 20.6. The Kier molecular flexibility index (Phi) is 13.3. The molecule has 3 aromatic carbocycles. The van der Waals surface area contributed by atoms with Crippen LogP contribution in [0.25, 0.3) is 0 Å². The standard InChI is InChI=1S/C51H56N6O15S/c1-46(2,3)69-42(62)49(10,11)72-55-37(33-27-73-44(53-33)54-45(64)71-48(7,8)9)38(58)52-32-26-65-57(40(32)60)50(43(63)70-47(4,5)6)24-34(41(61)68-50)56-25-28-22-35-36(23-31(28)39(56)59)67-51(66-35,29-18-14-12-15-19-29)30-20-16-13-17-21-30/h12-23,27,32,34H,24-26H2,1-11H3,(H,52,58)(H,53,54,64)/b55-37-/t32-,34-,50?/m0/s1. The zero-order valence-corrected chi connectivity index (χ0v) is 42.9. The summed E-state index contributed by atoms with van der Waals surface area (Å²) in [6.45, 7) is 16.7. The number of thiazole rings is 1. The lowest BCUT2D eigenvalue weighted by Gasteiger charge is -2.35. The summed E-state index contributed by atoms with van der Waals surface area (Å²) in [4.78, 5) is 114. The average Bonchev–Trinajstić information content (AvgIpc) is 4.13. The first kappa shape index (κ1) is 51.8. The Labute approximate surface area is 424 Å². The van der Waals surface area contributed by atoms with Crippen LogP contribution in [0.4, 0.5) is 9.93 Å². The summed E-state index contributed by atoms with van der Waals surface area (Å²) >= 11 is 0.904. The number of carbonyl (C=O) groups is 7. The van der Waals surface area contributed by atoms with E-state index in [2.05, 4.69) is 20.8 Å². The van der Waals surface area contributed by atoms with Crippen molar-refractivity contribution in [2.24, 2.45) is 5.16 Å². The second kappa shape index (κ2) is 18.8. The molecular weight excluding hydrogens is 969 g/mol. The van der Waals surface area contributed by atoms with E-state index in [1.807, 2.05) is 60.7 Å². The van der Waals surface area contributed by atoms with E-state index in [9.17, 15) is 33.6 Å². The van der Waals surface area contributed by atoms with Crippen LogP contribution >= 0.6 is 11.3 Å². The Morgan fingerprint density at radius 1 is 0.781 bits per heavy atom. The summed E-state index contributed by atoms with van der Waals surface area (Å²) in [6.07, 6.45) is -1.46. The smallest absolute Gasteiger partial charge is 0.413 e. The number of carbonyl (C=O) groups excluding carboxylic acids is 7. The van der Waals surface area contributed by atoms with Gasteiger partial charge in [-0.15, -0.1) is 11.3 Å². The number of ether oxygens (including phenoxy) is 6. The van der Waals surface area contributed by atoms with Crippen molar-refractivity contribution in [1.82, 2.24) is 20.3 Å². The Hall–Kier alpha value is -7.59. The average molecular weight is 1030 g/mol. The number of nitrogens with one attached hydrogen (secondary N) is 2. The lowest BCUT2D eigenvalue weighted by molar-refractivity contribution is -0.263. The van der Waals surface area contributed by atoms with Crippen molar-refractivity contribution in [2.75, 3.05) is 11.9 Å². The van der Waals surface area contributed by atoms with Gasteiger partial charge in [-0.25, -0.2) is 24.2 Å². The molecule has 1 unspecified atom stereocenters. The van der Waals surface area contributed by atoms with Crippen LogP contribution in [0.3, 0.4) is 0 Å². The van der Waals surface area contributed by atoms with Gasteiger partial charge >= 0.3 is 35.5 Å². The minimum atomic E-state index is -2.59. The Morgan fingerprint density at radius 2 is 1.37 bits per heavy atom. The minimum absolute atomic E-state index is 0.00185. The van der Waals surface area contributed by atoms with Crippen LogP contribution in [0.2, 0.25) is 0 Å². The van der Waals surface area contributed by atoms with Gasteiger partial charge in [-0.05, 0) is 93.9 Å². The summed E-state index contributed by atoms with van der Waals surface area (Å²) in [5.41, 5.74) is -5.85. The van der Waals surface area contributed by atoms with Crippen molar-refractivity contribution >= 4 is 63.9 Å². The van der Waals surface area contributed by atoms with Crippen LogP contribution in [-0.2, 0) is 64.9 Å². The van der Waals surface area contributed by atoms with Crippen LogP contribution in [0.15, 0.2) is 83.3 Å². The molecule has 8 rings (SSSR count). The number of oxime groups is 1. The lowest BCUT2D eigenvalue weighted by atomic mass is 9.97. The number of anilines is 1. The topological polar surface area (TPSA) is 249 Å². The highest BCUT2D eigenvalue weighted by molar-refractivity contribution is 7.14. The lowest BCUT2D eigenvalue weighted by Crippen LogP contribution is -2.59. The van der Waals surface area contributed by atoms with Gasteiger partial charge < -0.3 is 43.5 Å². The number of nitrogens with zero attached hydrogens (tertiary/aromatic N) is 4. The predicted octanol–water partition coefficient (Wildman–Crippen LogP) is 6.27. The highest BCUT2D eigenvalue weighted by Gasteiger charge is 2.65. The maximum absolute atomic E-state index is 14.5. The van der Waals surface area contributed by atoms with E-state index in [1.54, 1.807) is 74.4 Å². The number of cyclic esters (lactones) is 1.